The highest BCUT2D eigenvalue weighted by Crippen LogP contribution is 2.16. The first-order valence-corrected chi connectivity index (χ1v) is 8.13. The van der Waals surface area contributed by atoms with Crippen LogP contribution in [0.1, 0.15) is 37.8 Å². The summed E-state index contributed by atoms with van der Waals surface area (Å²) in [4.78, 5) is 11.4. The van der Waals surface area contributed by atoms with Gasteiger partial charge in [-0.1, -0.05) is 6.92 Å². The molecule has 2 rings (SSSR count). The number of nitrogens with zero attached hydrogens (tertiary/aromatic N) is 3. The number of aliphatic imine (C=N–C) groups is 1. The second kappa shape index (κ2) is 10.0. The van der Waals surface area contributed by atoms with Crippen molar-refractivity contribution in [1.29, 1.82) is 0 Å². The molecule has 22 heavy (non-hydrogen) atoms. The van der Waals surface area contributed by atoms with Gasteiger partial charge in [0.15, 0.2) is 5.96 Å². The molecule has 1 aromatic rings. The molecule has 1 aliphatic rings. The topological polar surface area (TPSA) is 40.5 Å². The second-order valence-corrected chi connectivity index (χ2v) is 5.96. The first-order chi connectivity index (χ1) is 10.2. The normalized spacial score (nSPS) is 16.3. The van der Waals surface area contributed by atoms with Crippen molar-refractivity contribution in [2.75, 3.05) is 26.2 Å². The van der Waals surface area contributed by atoms with Gasteiger partial charge in [0.2, 0.25) is 0 Å². The second-order valence-electron chi connectivity index (χ2n) is 5.96. The summed E-state index contributed by atoms with van der Waals surface area (Å²) in [5.41, 5.74) is 2.60. The van der Waals surface area contributed by atoms with E-state index in [2.05, 4.69) is 42.0 Å². The number of nitrogens with one attached hydrogen (secondary N) is 1. The number of pyridine rings is 1. The van der Waals surface area contributed by atoms with Crippen LogP contribution in [0, 0.1) is 12.8 Å². The number of rotatable bonds is 4. The number of guanidine groups is 1. The van der Waals surface area contributed by atoms with E-state index in [1.807, 2.05) is 12.4 Å². The Bertz CT molecular complexity index is 467. The molecule has 1 N–H and O–H groups in total. The van der Waals surface area contributed by atoms with Gasteiger partial charge in [-0.25, -0.2) is 0 Å². The molecular formula is C17H29IN4. The van der Waals surface area contributed by atoms with Gasteiger partial charge in [-0.05, 0) is 56.2 Å². The van der Waals surface area contributed by atoms with Gasteiger partial charge in [0, 0.05) is 38.6 Å². The number of hydrogen-bond donors (Lipinski definition) is 1. The molecule has 0 aromatic carbocycles. The number of likely N-dealkylation sites (tertiary alicyclic amines) is 1. The van der Waals surface area contributed by atoms with Gasteiger partial charge in [0.05, 0.1) is 0 Å². The van der Waals surface area contributed by atoms with Crippen molar-refractivity contribution >= 4 is 29.9 Å². The van der Waals surface area contributed by atoms with Crippen LogP contribution in [0.3, 0.4) is 0 Å². The highest BCUT2D eigenvalue weighted by molar-refractivity contribution is 14.0. The van der Waals surface area contributed by atoms with Crippen molar-refractivity contribution in [3.63, 3.8) is 0 Å². The molecule has 1 saturated heterocycles. The highest BCUT2D eigenvalue weighted by atomic mass is 127. The minimum atomic E-state index is 0. The van der Waals surface area contributed by atoms with Crippen molar-refractivity contribution in [2.24, 2.45) is 10.9 Å². The molecule has 0 spiro atoms. The first-order valence-electron chi connectivity index (χ1n) is 8.13. The van der Waals surface area contributed by atoms with Crippen LogP contribution in [0.15, 0.2) is 23.5 Å². The lowest BCUT2D eigenvalue weighted by Gasteiger charge is -2.33. The Morgan fingerprint density at radius 2 is 2.14 bits per heavy atom. The van der Waals surface area contributed by atoms with Crippen LogP contribution in [-0.4, -0.2) is 42.0 Å². The van der Waals surface area contributed by atoms with E-state index in [0.717, 1.165) is 44.5 Å². The minimum absolute atomic E-state index is 0. The predicted octanol–water partition coefficient (Wildman–Crippen LogP) is 3.25. The third kappa shape index (κ3) is 5.74. The summed E-state index contributed by atoms with van der Waals surface area (Å²) in [7, 11) is 0. The maximum absolute atomic E-state index is 4.81. The van der Waals surface area contributed by atoms with Crippen LogP contribution in [0.5, 0.6) is 0 Å². The van der Waals surface area contributed by atoms with E-state index in [-0.39, 0.29) is 24.0 Å². The largest absolute Gasteiger partial charge is 0.357 e. The van der Waals surface area contributed by atoms with Crippen LogP contribution in [0.4, 0.5) is 0 Å². The SMILES string of the molecule is CCNC(=NCCc1ccncc1C)N1CCC(C)CC1.I. The zero-order valence-corrected chi connectivity index (χ0v) is 16.3. The van der Waals surface area contributed by atoms with Crippen molar-refractivity contribution in [3.05, 3.63) is 29.6 Å². The van der Waals surface area contributed by atoms with E-state index in [1.54, 1.807) is 0 Å². The molecule has 0 bridgehead atoms. The van der Waals surface area contributed by atoms with E-state index in [9.17, 15) is 0 Å². The van der Waals surface area contributed by atoms with E-state index in [1.165, 1.54) is 24.0 Å². The Hall–Kier alpha value is -0.850. The quantitative estimate of drug-likeness (QED) is 0.466. The molecule has 4 nitrogen and oxygen atoms in total. The average molecular weight is 416 g/mol. The molecule has 1 aliphatic heterocycles. The summed E-state index contributed by atoms with van der Waals surface area (Å²) in [6.07, 6.45) is 7.31. The zero-order valence-electron chi connectivity index (χ0n) is 14.0. The molecule has 2 heterocycles. The molecular weight excluding hydrogens is 387 g/mol. The van der Waals surface area contributed by atoms with Gasteiger partial charge in [-0.15, -0.1) is 24.0 Å². The van der Waals surface area contributed by atoms with Crippen LogP contribution in [-0.2, 0) is 6.42 Å². The van der Waals surface area contributed by atoms with Crippen LogP contribution in [0.25, 0.3) is 0 Å². The van der Waals surface area contributed by atoms with Crippen molar-refractivity contribution in [2.45, 2.75) is 40.0 Å². The Morgan fingerprint density at radius 1 is 1.41 bits per heavy atom. The fourth-order valence-corrected chi connectivity index (χ4v) is 2.71. The standard InChI is InChI=1S/C17H28N4.HI/c1-4-19-17(21-11-7-14(2)8-12-21)20-10-6-16-5-9-18-13-15(16)3;/h5,9,13-14H,4,6-8,10-12H2,1-3H3,(H,19,20);1H. The average Bonchev–Trinajstić information content (AvgIpc) is 2.49. The number of halogens is 1. The van der Waals surface area contributed by atoms with Gasteiger partial charge < -0.3 is 10.2 Å². The minimum Gasteiger partial charge on any atom is -0.357 e. The van der Waals surface area contributed by atoms with Crippen molar-refractivity contribution < 1.29 is 0 Å². The lowest BCUT2D eigenvalue weighted by Crippen LogP contribution is -2.45. The maximum Gasteiger partial charge on any atom is 0.193 e. The number of piperidine rings is 1. The Labute approximate surface area is 151 Å². The molecule has 0 unspecified atom stereocenters. The molecule has 0 radical (unpaired) electrons. The summed E-state index contributed by atoms with van der Waals surface area (Å²) in [5, 5.41) is 3.43. The summed E-state index contributed by atoms with van der Waals surface area (Å²) < 4.78 is 0. The lowest BCUT2D eigenvalue weighted by atomic mass is 10.00. The van der Waals surface area contributed by atoms with E-state index in [0.29, 0.717) is 0 Å². The molecule has 1 aromatic heterocycles. The Kier molecular flexibility index (Phi) is 8.75. The van der Waals surface area contributed by atoms with E-state index in [4.69, 9.17) is 4.99 Å². The van der Waals surface area contributed by atoms with E-state index >= 15 is 0 Å². The molecule has 1 fully saturated rings. The van der Waals surface area contributed by atoms with Crippen molar-refractivity contribution in [3.8, 4) is 0 Å². The van der Waals surface area contributed by atoms with Crippen LogP contribution < -0.4 is 5.32 Å². The van der Waals surface area contributed by atoms with Gasteiger partial charge in [-0.3, -0.25) is 9.98 Å². The number of hydrogen-bond acceptors (Lipinski definition) is 2. The molecule has 5 heteroatoms. The smallest absolute Gasteiger partial charge is 0.193 e. The van der Waals surface area contributed by atoms with Crippen LogP contribution in [0.2, 0.25) is 0 Å². The zero-order chi connectivity index (χ0) is 15.1. The maximum atomic E-state index is 4.81. The molecule has 0 atom stereocenters. The Morgan fingerprint density at radius 3 is 2.77 bits per heavy atom. The van der Waals surface area contributed by atoms with Crippen LogP contribution >= 0.6 is 24.0 Å². The lowest BCUT2D eigenvalue weighted by molar-refractivity contribution is 0.273. The molecule has 0 aliphatic carbocycles. The summed E-state index contributed by atoms with van der Waals surface area (Å²) in [6, 6.07) is 2.10. The van der Waals surface area contributed by atoms with Gasteiger partial charge in [-0.2, -0.15) is 0 Å². The number of aryl methyl sites for hydroxylation is 1. The first kappa shape index (κ1) is 19.2. The van der Waals surface area contributed by atoms with E-state index < -0.39 is 0 Å². The highest BCUT2D eigenvalue weighted by Gasteiger charge is 2.18. The molecule has 124 valence electrons. The van der Waals surface area contributed by atoms with Crippen molar-refractivity contribution in [1.82, 2.24) is 15.2 Å². The Balaban J connectivity index is 0.00000242. The summed E-state index contributed by atoms with van der Waals surface area (Å²) >= 11 is 0. The third-order valence-electron chi connectivity index (χ3n) is 4.20. The summed E-state index contributed by atoms with van der Waals surface area (Å²) in [6.45, 7) is 10.6. The van der Waals surface area contributed by atoms with Gasteiger partial charge >= 0.3 is 0 Å². The predicted molar refractivity (Wildman–Crippen MR) is 104 cm³/mol. The third-order valence-corrected chi connectivity index (χ3v) is 4.20. The molecule has 0 saturated carbocycles. The van der Waals surface area contributed by atoms with Gasteiger partial charge in [0.25, 0.3) is 0 Å². The molecule has 0 amide bonds. The monoisotopic (exact) mass is 416 g/mol. The van der Waals surface area contributed by atoms with Gasteiger partial charge in [0.1, 0.15) is 0 Å². The summed E-state index contributed by atoms with van der Waals surface area (Å²) in [5.74, 6) is 1.93. The fraction of sp³-hybridized carbons (Fsp3) is 0.647. The fourth-order valence-electron chi connectivity index (χ4n) is 2.71. The number of aromatic nitrogens is 1.